The van der Waals surface area contributed by atoms with E-state index in [1.165, 1.54) is 12.1 Å². The Hall–Kier alpha value is -3.68. The molecule has 0 spiro atoms. The molecule has 0 saturated heterocycles. The van der Waals surface area contributed by atoms with Gasteiger partial charge in [0.25, 0.3) is 0 Å². The summed E-state index contributed by atoms with van der Waals surface area (Å²) in [6.07, 6.45) is 0.314. The van der Waals surface area contributed by atoms with Crippen LogP contribution in [-0.2, 0) is 10.9 Å². The topological polar surface area (TPSA) is 22.0 Å². The SMILES string of the molecule is Cc1c(-c2ccccc2)c(-c2ccc(F)cc2)n(CP(=O)(c2ccccc2)c2ccccc2)c1C(C)C. The second-order valence-electron chi connectivity index (χ2n) is 9.74. The summed E-state index contributed by atoms with van der Waals surface area (Å²) in [4.78, 5) is 0. The van der Waals surface area contributed by atoms with E-state index in [0.717, 1.165) is 44.3 Å². The van der Waals surface area contributed by atoms with E-state index < -0.39 is 7.14 Å². The molecule has 0 saturated carbocycles. The summed E-state index contributed by atoms with van der Waals surface area (Å²) in [6.45, 7) is 6.51. The Kier molecular flexibility index (Phi) is 7.00. The van der Waals surface area contributed by atoms with Gasteiger partial charge in [-0.2, -0.15) is 0 Å². The maximum Gasteiger partial charge on any atom is 0.161 e. The Balaban J connectivity index is 1.84. The zero-order valence-corrected chi connectivity index (χ0v) is 22.3. The molecule has 37 heavy (non-hydrogen) atoms. The number of hydrogen-bond acceptors (Lipinski definition) is 1. The van der Waals surface area contributed by atoms with Gasteiger partial charge in [-0.3, -0.25) is 0 Å². The van der Waals surface area contributed by atoms with Crippen LogP contribution in [0.25, 0.3) is 22.4 Å². The number of benzene rings is 4. The van der Waals surface area contributed by atoms with Crippen molar-refractivity contribution in [2.24, 2.45) is 0 Å². The first-order valence-corrected chi connectivity index (χ1v) is 14.5. The van der Waals surface area contributed by atoms with Crippen molar-refractivity contribution < 1.29 is 8.96 Å². The molecule has 5 aromatic rings. The van der Waals surface area contributed by atoms with Crippen molar-refractivity contribution >= 4 is 17.8 Å². The standard InChI is InChI=1S/C33H31FNOP/c1-24(2)32-25(3)31(26-13-7-4-8-14-26)33(27-19-21-28(34)22-20-27)35(32)23-37(36,29-15-9-5-10-16-29)30-17-11-6-12-18-30/h4-22,24H,23H2,1-3H3. The Morgan fingerprint density at radius 2 is 1.19 bits per heavy atom. The van der Waals surface area contributed by atoms with E-state index in [9.17, 15) is 4.39 Å². The molecule has 1 heterocycles. The van der Waals surface area contributed by atoms with Crippen molar-refractivity contribution in [1.82, 2.24) is 4.57 Å². The summed E-state index contributed by atoms with van der Waals surface area (Å²) in [7, 11) is -3.08. The number of aromatic nitrogens is 1. The molecule has 4 heteroatoms. The lowest BCUT2D eigenvalue weighted by atomic mass is 9.96. The van der Waals surface area contributed by atoms with Gasteiger partial charge in [-0.15, -0.1) is 0 Å². The summed E-state index contributed by atoms with van der Waals surface area (Å²) >= 11 is 0. The zero-order chi connectivity index (χ0) is 26.0. The lowest BCUT2D eigenvalue weighted by molar-refractivity contribution is 0.577. The Morgan fingerprint density at radius 1 is 0.703 bits per heavy atom. The van der Waals surface area contributed by atoms with Gasteiger partial charge in [0.2, 0.25) is 0 Å². The zero-order valence-electron chi connectivity index (χ0n) is 21.4. The van der Waals surface area contributed by atoms with Crippen LogP contribution in [0.4, 0.5) is 4.39 Å². The van der Waals surface area contributed by atoms with E-state index in [-0.39, 0.29) is 11.7 Å². The van der Waals surface area contributed by atoms with E-state index >= 15 is 4.57 Å². The van der Waals surface area contributed by atoms with Crippen LogP contribution >= 0.6 is 7.14 Å². The average Bonchev–Trinajstić information content (AvgIpc) is 3.21. The van der Waals surface area contributed by atoms with Crippen molar-refractivity contribution in [3.63, 3.8) is 0 Å². The monoisotopic (exact) mass is 507 g/mol. The third-order valence-corrected chi connectivity index (χ3v) is 9.92. The third kappa shape index (κ3) is 4.72. The molecule has 1 aromatic heterocycles. The largest absolute Gasteiger partial charge is 0.336 e. The minimum absolute atomic E-state index is 0.191. The number of halogens is 1. The summed E-state index contributed by atoms with van der Waals surface area (Å²) in [6, 6.07) is 36.5. The maximum atomic E-state index is 15.2. The molecule has 4 aromatic carbocycles. The van der Waals surface area contributed by atoms with Crippen molar-refractivity contribution in [2.75, 3.05) is 0 Å². The summed E-state index contributed by atoms with van der Waals surface area (Å²) < 4.78 is 31.4. The Bertz CT molecular complexity index is 1500. The molecule has 0 radical (unpaired) electrons. The van der Waals surface area contributed by atoms with Crippen LogP contribution in [0.2, 0.25) is 0 Å². The molecule has 0 N–H and O–H groups in total. The second-order valence-corrected chi connectivity index (χ2v) is 12.5. The lowest BCUT2D eigenvalue weighted by Gasteiger charge is -2.25. The van der Waals surface area contributed by atoms with Crippen molar-refractivity contribution in [2.45, 2.75) is 33.0 Å². The molecule has 186 valence electrons. The van der Waals surface area contributed by atoms with Gasteiger partial charge in [0.05, 0.1) is 12.0 Å². The lowest BCUT2D eigenvalue weighted by Crippen LogP contribution is -2.21. The van der Waals surface area contributed by atoms with Crippen molar-refractivity contribution in [3.8, 4) is 22.4 Å². The van der Waals surface area contributed by atoms with Crippen LogP contribution in [0, 0.1) is 12.7 Å². The molecule has 0 amide bonds. The van der Waals surface area contributed by atoms with E-state index in [2.05, 4.69) is 37.5 Å². The molecule has 0 aliphatic carbocycles. The second kappa shape index (κ2) is 10.4. The first-order chi connectivity index (χ1) is 17.9. The van der Waals surface area contributed by atoms with Gasteiger partial charge in [-0.25, -0.2) is 4.39 Å². The predicted octanol–water partition coefficient (Wildman–Crippen LogP) is 8.36. The number of nitrogens with zero attached hydrogens (tertiary/aromatic N) is 1. The fourth-order valence-corrected chi connectivity index (χ4v) is 7.99. The minimum Gasteiger partial charge on any atom is -0.336 e. The molecule has 5 rings (SSSR count). The van der Waals surface area contributed by atoms with Gasteiger partial charge in [-0.1, -0.05) is 105 Å². The van der Waals surface area contributed by atoms with Crippen LogP contribution in [0.3, 0.4) is 0 Å². The molecule has 0 aliphatic heterocycles. The van der Waals surface area contributed by atoms with Crippen LogP contribution in [0.15, 0.2) is 115 Å². The quantitative estimate of drug-likeness (QED) is 0.203. The Labute approximate surface area is 218 Å². The molecular formula is C33H31FNOP. The van der Waals surface area contributed by atoms with E-state index in [4.69, 9.17) is 0 Å². The molecular weight excluding hydrogens is 476 g/mol. The molecule has 0 unspecified atom stereocenters. The van der Waals surface area contributed by atoms with Crippen LogP contribution in [0.5, 0.6) is 0 Å². The van der Waals surface area contributed by atoms with E-state index in [1.54, 1.807) is 0 Å². The predicted molar refractivity (Wildman–Crippen MR) is 154 cm³/mol. The number of hydrogen-bond donors (Lipinski definition) is 0. The van der Waals surface area contributed by atoms with Gasteiger partial charge < -0.3 is 9.13 Å². The van der Waals surface area contributed by atoms with Crippen LogP contribution < -0.4 is 10.6 Å². The fourth-order valence-electron chi connectivity index (χ4n) is 5.37. The summed E-state index contributed by atoms with van der Waals surface area (Å²) in [5, 5.41) is 1.65. The minimum atomic E-state index is -3.08. The maximum absolute atomic E-state index is 15.2. The highest BCUT2D eigenvalue weighted by Gasteiger charge is 2.32. The molecule has 0 fully saturated rings. The first kappa shape index (κ1) is 25.0. The van der Waals surface area contributed by atoms with Gasteiger partial charge in [-0.05, 0) is 53.8 Å². The number of rotatable bonds is 7. The van der Waals surface area contributed by atoms with Crippen molar-refractivity contribution in [1.29, 1.82) is 0 Å². The fraction of sp³-hybridized carbons (Fsp3) is 0.152. The van der Waals surface area contributed by atoms with Gasteiger partial charge >= 0.3 is 0 Å². The van der Waals surface area contributed by atoms with Gasteiger partial charge in [0.1, 0.15) is 5.82 Å². The van der Waals surface area contributed by atoms with Crippen LogP contribution in [-0.4, -0.2) is 4.57 Å². The smallest absolute Gasteiger partial charge is 0.161 e. The molecule has 2 nitrogen and oxygen atoms in total. The van der Waals surface area contributed by atoms with E-state index in [1.807, 2.05) is 91.0 Å². The average molecular weight is 508 g/mol. The summed E-state index contributed by atoms with van der Waals surface area (Å²) in [5.41, 5.74) is 6.37. The van der Waals surface area contributed by atoms with Crippen LogP contribution in [0.1, 0.15) is 31.0 Å². The van der Waals surface area contributed by atoms with E-state index in [0.29, 0.717) is 6.29 Å². The Morgan fingerprint density at radius 3 is 1.68 bits per heavy atom. The molecule has 0 aliphatic rings. The van der Waals surface area contributed by atoms with Gasteiger partial charge in [0, 0.05) is 21.9 Å². The molecule has 0 bridgehead atoms. The first-order valence-electron chi connectivity index (χ1n) is 12.6. The highest BCUT2D eigenvalue weighted by Crippen LogP contribution is 2.50. The normalized spacial score (nSPS) is 11.7. The highest BCUT2D eigenvalue weighted by atomic mass is 31.2. The highest BCUT2D eigenvalue weighted by molar-refractivity contribution is 7.77. The van der Waals surface area contributed by atoms with Crippen molar-refractivity contribution in [3.05, 3.63) is 132 Å². The van der Waals surface area contributed by atoms with Gasteiger partial charge in [0.15, 0.2) is 7.14 Å². The third-order valence-electron chi connectivity index (χ3n) is 6.97. The molecule has 0 atom stereocenters. The summed E-state index contributed by atoms with van der Waals surface area (Å²) in [5.74, 6) is -0.0835.